The quantitative estimate of drug-likeness (QED) is 0.390. The van der Waals surface area contributed by atoms with E-state index in [2.05, 4.69) is 0 Å². The van der Waals surface area contributed by atoms with Crippen molar-refractivity contribution >= 4 is 11.9 Å². The standard InChI is InChI=1S/C15H20O4/c1-13(16)15-7-5-14(6-8-15)4-3-9-18-12-19-11-10-17-2/h3-8H,9-12H2,1-2H3/b4-3+. The van der Waals surface area contributed by atoms with Gasteiger partial charge in [0.05, 0.1) is 19.8 Å². The average molecular weight is 264 g/mol. The lowest BCUT2D eigenvalue weighted by Gasteiger charge is -2.02. The van der Waals surface area contributed by atoms with Crippen molar-refractivity contribution in [3.05, 3.63) is 41.5 Å². The molecule has 0 atom stereocenters. The van der Waals surface area contributed by atoms with E-state index >= 15 is 0 Å². The van der Waals surface area contributed by atoms with Gasteiger partial charge in [-0.15, -0.1) is 0 Å². The predicted molar refractivity (Wildman–Crippen MR) is 74.1 cm³/mol. The SMILES string of the molecule is COCCOCOC/C=C/c1ccc(C(C)=O)cc1. The van der Waals surface area contributed by atoms with Gasteiger partial charge in [0.25, 0.3) is 0 Å². The maximum atomic E-state index is 11.1. The summed E-state index contributed by atoms with van der Waals surface area (Å²) in [5.74, 6) is 0.0760. The Balaban J connectivity index is 2.20. The molecule has 0 unspecified atom stereocenters. The summed E-state index contributed by atoms with van der Waals surface area (Å²) in [5, 5.41) is 0. The molecule has 0 aliphatic carbocycles. The van der Waals surface area contributed by atoms with E-state index in [1.54, 1.807) is 14.0 Å². The lowest BCUT2D eigenvalue weighted by atomic mass is 10.1. The third-order valence-electron chi connectivity index (χ3n) is 2.44. The van der Waals surface area contributed by atoms with Crippen molar-refractivity contribution in [2.75, 3.05) is 33.7 Å². The molecule has 0 aliphatic rings. The monoisotopic (exact) mass is 264 g/mol. The number of hydrogen-bond donors (Lipinski definition) is 0. The molecule has 0 radical (unpaired) electrons. The molecule has 4 heteroatoms. The highest BCUT2D eigenvalue weighted by Crippen LogP contribution is 2.06. The van der Waals surface area contributed by atoms with Gasteiger partial charge in [0.1, 0.15) is 6.79 Å². The summed E-state index contributed by atoms with van der Waals surface area (Å²) in [6.45, 7) is 3.41. The Bertz CT molecular complexity index is 395. The summed E-state index contributed by atoms with van der Waals surface area (Å²) in [4.78, 5) is 11.1. The number of benzene rings is 1. The van der Waals surface area contributed by atoms with Gasteiger partial charge in [-0.1, -0.05) is 36.4 Å². The number of rotatable bonds is 9. The smallest absolute Gasteiger partial charge is 0.159 e. The Hall–Kier alpha value is -1.49. The zero-order valence-electron chi connectivity index (χ0n) is 11.4. The van der Waals surface area contributed by atoms with Crippen molar-refractivity contribution in [2.24, 2.45) is 0 Å². The van der Waals surface area contributed by atoms with Crippen LogP contribution in [0.4, 0.5) is 0 Å². The molecule has 1 aromatic rings. The van der Waals surface area contributed by atoms with Crippen LogP contribution >= 0.6 is 0 Å². The molecule has 19 heavy (non-hydrogen) atoms. The fourth-order valence-electron chi connectivity index (χ4n) is 1.39. The minimum atomic E-state index is 0.0760. The second-order valence-corrected chi connectivity index (χ2v) is 3.97. The van der Waals surface area contributed by atoms with Crippen molar-refractivity contribution in [2.45, 2.75) is 6.92 Å². The Morgan fingerprint density at radius 3 is 2.53 bits per heavy atom. The van der Waals surface area contributed by atoms with Crippen LogP contribution in [0.5, 0.6) is 0 Å². The minimum Gasteiger partial charge on any atom is -0.382 e. The minimum absolute atomic E-state index is 0.0760. The molecule has 0 amide bonds. The van der Waals surface area contributed by atoms with Crippen molar-refractivity contribution in [1.82, 2.24) is 0 Å². The number of Topliss-reactive ketones (excluding diaryl/α,β-unsaturated/α-hetero) is 1. The Labute approximate surface area is 114 Å². The molecular formula is C15H20O4. The highest BCUT2D eigenvalue weighted by molar-refractivity contribution is 5.94. The summed E-state index contributed by atoms with van der Waals surface area (Å²) in [6, 6.07) is 7.44. The van der Waals surface area contributed by atoms with Crippen molar-refractivity contribution in [1.29, 1.82) is 0 Å². The van der Waals surface area contributed by atoms with Crippen molar-refractivity contribution in [3.8, 4) is 0 Å². The number of ether oxygens (including phenoxy) is 3. The van der Waals surface area contributed by atoms with Gasteiger partial charge in [-0.2, -0.15) is 0 Å². The van der Waals surface area contributed by atoms with Crippen LogP contribution < -0.4 is 0 Å². The molecule has 0 aliphatic heterocycles. The van der Waals surface area contributed by atoms with E-state index in [1.807, 2.05) is 36.4 Å². The maximum absolute atomic E-state index is 11.1. The third-order valence-corrected chi connectivity index (χ3v) is 2.44. The molecule has 104 valence electrons. The van der Waals surface area contributed by atoms with E-state index in [9.17, 15) is 4.79 Å². The Kier molecular flexibility index (Phi) is 7.74. The van der Waals surface area contributed by atoms with E-state index in [0.717, 1.165) is 11.1 Å². The first kappa shape index (κ1) is 15.6. The maximum Gasteiger partial charge on any atom is 0.159 e. The molecule has 4 nitrogen and oxygen atoms in total. The average Bonchev–Trinajstić information content (AvgIpc) is 2.42. The van der Waals surface area contributed by atoms with Gasteiger partial charge in [-0.25, -0.2) is 0 Å². The van der Waals surface area contributed by atoms with Gasteiger partial charge >= 0.3 is 0 Å². The zero-order valence-corrected chi connectivity index (χ0v) is 11.4. The van der Waals surface area contributed by atoms with E-state index in [0.29, 0.717) is 19.8 Å². The number of methoxy groups -OCH3 is 1. The highest BCUT2D eigenvalue weighted by atomic mass is 16.7. The van der Waals surface area contributed by atoms with Crippen molar-refractivity contribution in [3.63, 3.8) is 0 Å². The fourth-order valence-corrected chi connectivity index (χ4v) is 1.39. The van der Waals surface area contributed by atoms with Gasteiger partial charge in [0, 0.05) is 12.7 Å². The third kappa shape index (κ3) is 6.86. The molecule has 0 saturated heterocycles. The lowest BCUT2D eigenvalue weighted by molar-refractivity contribution is -0.0570. The van der Waals surface area contributed by atoms with Gasteiger partial charge in [0.15, 0.2) is 5.78 Å². The summed E-state index contributed by atoms with van der Waals surface area (Å²) in [7, 11) is 1.63. The van der Waals surface area contributed by atoms with Crippen LogP contribution in [0, 0.1) is 0 Å². The topological polar surface area (TPSA) is 44.8 Å². The first-order valence-corrected chi connectivity index (χ1v) is 6.16. The highest BCUT2D eigenvalue weighted by Gasteiger charge is 1.96. The molecule has 0 fully saturated rings. The molecule has 0 saturated carbocycles. The van der Waals surface area contributed by atoms with Crippen LogP contribution in [0.25, 0.3) is 6.08 Å². The summed E-state index contributed by atoms with van der Waals surface area (Å²) in [6.07, 6.45) is 3.85. The van der Waals surface area contributed by atoms with E-state index in [4.69, 9.17) is 14.2 Å². The van der Waals surface area contributed by atoms with Gasteiger partial charge in [-0.3, -0.25) is 4.79 Å². The Morgan fingerprint density at radius 1 is 1.16 bits per heavy atom. The molecule has 0 N–H and O–H groups in total. The van der Waals surface area contributed by atoms with E-state index in [1.165, 1.54) is 0 Å². The lowest BCUT2D eigenvalue weighted by Crippen LogP contribution is -2.05. The van der Waals surface area contributed by atoms with Crippen LogP contribution in [-0.2, 0) is 14.2 Å². The van der Waals surface area contributed by atoms with Crippen LogP contribution in [0.2, 0.25) is 0 Å². The number of carbonyl (C=O) groups is 1. The summed E-state index contributed by atoms with van der Waals surface area (Å²) in [5.41, 5.74) is 1.76. The van der Waals surface area contributed by atoms with Gasteiger partial charge in [-0.05, 0) is 12.5 Å². The predicted octanol–water partition coefficient (Wildman–Crippen LogP) is 2.54. The number of hydrogen-bond acceptors (Lipinski definition) is 4. The molecule has 0 bridgehead atoms. The second kappa shape index (κ2) is 9.44. The summed E-state index contributed by atoms with van der Waals surface area (Å²) < 4.78 is 15.2. The normalized spacial score (nSPS) is 11.1. The molecule has 0 heterocycles. The zero-order chi connectivity index (χ0) is 13.9. The number of carbonyl (C=O) groups excluding carboxylic acids is 1. The van der Waals surface area contributed by atoms with Crippen molar-refractivity contribution < 1.29 is 19.0 Å². The van der Waals surface area contributed by atoms with Gasteiger partial charge < -0.3 is 14.2 Å². The Morgan fingerprint density at radius 2 is 1.89 bits per heavy atom. The fraction of sp³-hybridized carbons (Fsp3) is 0.400. The van der Waals surface area contributed by atoms with Crippen LogP contribution in [0.15, 0.2) is 30.3 Å². The first-order valence-electron chi connectivity index (χ1n) is 6.16. The molecule has 0 aromatic heterocycles. The van der Waals surface area contributed by atoms with Crippen LogP contribution in [-0.4, -0.2) is 39.5 Å². The molecule has 0 spiro atoms. The van der Waals surface area contributed by atoms with Crippen LogP contribution in [0.1, 0.15) is 22.8 Å². The molecule has 1 aromatic carbocycles. The summed E-state index contributed by atoms with van der Waals surface area (Å²) >= 11 is 0. The van der Waals surface area contributed by atoms with Crippen LogP contribution in [0.3, 0.4) is 0 Å². The van der Waals surface area contributed by atoms with E-state index in [-0.39, 0.29) is 12.6 Å². The molecular weight excluding hydrogens is 244 g/mol. The molecule has 1 rings (SSSR count). The number of ketones is 1. The van der Waals surface area contributed by atoms with Gasteiger partial charge in [0.2, 0.25) is 0 Å². The van der Waals surface area contributed by atoms with E-state index < -0.39 is 0 Å². The largest absolute Gasteiger partial charge is 0.382 e. The second-order valence-electron chi connectivity index (χ2n) is 3.97. The first-order chi connectivity index (χ1) is 9.24.